The molecule has 0 spiro atoms. The van der Waals surface area contributed by atoms with Gasteiger partial charge in [-0.1, -0.05) is 42.0 Å². The maximum atomic E-state index is 14.2. The number of aromatic nitrogens is 2. The maximum absolute atomic E-state index is 14.2. The summed E-state index contributed by atoms with van der Waals surface area (Å²) in [7, 11) is 0. The van der Waals surface area contributed by atoms with Crippen molar-refractivity contribution in [3.05, 3.63) is 83.8 Å². The third-order valence-electron chi connectivity index (χ3n) is 4.14. The van der Waals surface area contributed by atoms with Crippen LogP contribution in [0.2, 0.25) is 0 Å². The SMILES string of the molecule is Cc1cccc(-c2ccc(-c3cc(CF)nn3-c3ccccc3F)s2)c1. The minimum Gasteiger partial charge on any atom is -0.244 e. The number of hydrogen-bond acceptors (Lipinski definition) is 2. The molecule has 4 aromatic rings. The van der Waals surface area contributed by atoms with Gasteiger partial charge in [0.1, 0.15) is 18.2 Å². The fourth-order valence-corrected chi connectivity index (χ4v) is 3.91. The molecule has 0 fully saturated rings. The molecule has 0 unspecified atom stereocenters. The molecule has 2 heterocycles. The second-order valence-electron chi connectivity index (χ2n) is 6.05. The van der Waals surface area contributed by atoms with Gasteiger partial charge in [-0.25, -0.2) is 13.5 Å². The molecule has 5 heteroatoms. The van der Waals surface area contributed by atoms with E-state index in [1.807, 2.05) is 18.2 Å². The van der Waals surface area contributed by atoms with E-state index >= 15 is 0 Å². The average molecular weight is 366 g/mol. The quantitative estimate of drug-likeness (QED) is 0.421. The second kappa shape index (κ2) is 6.84. The Labute approximate surface area is 154 Å². The first-order chi connectivity index (χ1) is 12.7. The first-order valence-corrected chi connectivity index (χ1v) is 9.04. The van der Waals surface area contributed by atoms with Crippen molar-refractivity contribution >= 4 is 11.3 Å². The second-order valence-corrected chi connectivity index (χ2v) is 7.13. The smallest absolute Gasteiger partial charge is 0.148 e. The van der Waals surface area contributed by atoms with E-state index in [1.54, 1.807) is 35.6 Å². The van der Waals surface area contributed by atoms with Crippen LogP contribution in [0.4, 0.5) is 8.78 Å². The number of nitrogens with zero attached hydrogens (tertiary/aromatic N) is 2. The van der Waals surface area contributed by atoms with Crippen LogP contribution in [0.3, 0.4) is 0 Å². The van der Waals surface area contributed by atoms with Gasteiger partial charge in [-0.15, -0.1) is 11.3 Å². The molecule has 0 amide bonds. The average Bonchev–Trinajstić information content (AvgIpc) is 3.29. The Morgan fingerprint density at radius 3 is 2.54 bits per heavy atom. The van der Waals surface area contributed by atoms with Crippen LogP contribution in [0.15, 0.2) is 66.7 Å². The van der Waals surface area contributed by atoms with Crippen LogP contribution in [0.25, 0.3) is 26.7 Å². The van der Waals surface area contributed by atoms with E-state index in [1.165, 1.54) is 16.3 Å². The van der Waals surface area contributed by atoms with E-state index < -0.39 is 12.5 Å². The molecule has 0 radical (unpaired) electrons. The molecule has 2 aromatic heterocycles. The van der Waals surface area contributed by atoms with Gasteiger partial charge in [0.2, 0.25) is 0 Å². The summed E-state index contributed by atoms with van der Waals surface area (Å²) in [5, 5.41) is 4.24. The lowest BCUT2D eigenvalue weighted by Crippen LogP contribution is -2.01. The molecule has 0 bridgehead atoms. The normalized spacial score (nSPS) is 11.0. The molecular formula is C21H16F2N2S. The lowest BCUT2D eigenvalue weighted by molar-refractivity contribution is 0.472. The molecule has 2 aromatic carbocycles. The molecule has 0 N–H and O–H groups in total. The highest BCUT2D eigenvalue weighted by Gasteiger charge is 2.16. The van der Waals surface area contributed by atoms with Gasteiger partial charge in [0.25, 0.3) is 0 Å². The predicted molar refractivity (Wildman–Crippen MR) is 102 cm³/mol. The van der Waals surface area contributed by atoms with Gasteiger partial charge in [0.15, 0.2) is 0 Å². The summed E-state index contributed by atoms with van der Waals surface area (Å²) in [5.74, 6) is -0.391. The highest BCUT2D eigenvalue weighted by Crippen LogP contribution is 2.36. The van der Waals surface area contributed by atoms with E-state index in [-0.39, 0.29) is 5.69 Å². The van der Waals surface area contributed by atoms with Crippen LogP contribution in [0, 0.1) is 12.7 Å². The Bertz CT molecular complexity index is 1070. The Hall–Kier alpha value is -2.79. The summed E-state index contributed by atoms with van der Waals surface area (Å²) in [6.45, 7) is 1.36. The maximum Gasteiger partial charge on any atom is 0.148 e. The summed E-state index contributed by atoms with van der Waals surface area (Å²) in [5.41, 5.74) is 3.60. The Morgan fingerprint density at radius 2 is 1.77 bits per heavy atom. The van der Waals surface area contributed by atoms with Crippen molar-refractivity contribution in [2.24, 2.45) is 0 Å². The summed E-state index contributed by atoms with van der Waals surface area (Å²) in [6.07, 6.45) is 0. The van der Waals surface area contributed by atoms with Gasteiger partial charge in [-0.05, 0) is 42.8 Å². The van der Waals surface area contributed by atoms with Gasteiger partial charge >= 0.3 is 0 Å². The molecule has 0 saturated carbocycles. The number of alkyl halides is 1. The van der Waals surface area contributed by atoms with E-state index in [4.69, 9.17) is 0 Å². The standard InChI is InChI=1S/C21H16F2N2S/c1-14-5-4-6-15(11-14)20-9-10-21(26-20)19-12-16(13-22)24-25(19)18-8-3-2-7-17(18)23/h2-12H,13H2,1H3. The van der Waals surface area contributed by atoms with Gasteiger partial charge in [-0.2, -0.15) is 5.10 Å². The van der Waals surface area contributed by atoms with E-state index in [0.717, 1.165) is 15.3 Å². The van der Waals surface area contributed by atoms with Gasteiger partial charge in [-0.3, -0.25) is 0 Å². The van der Waals surface area contributed by atoms with Gasteiger partial charge < -0.3 is 0 Å². The molecule has 4 rings (SSSR count). The van der Waals surface area contributed by atoms with Crippen molar-refractivity contribution in [3.8, 4) is 26.7 Å². The van der Waals surface area contributed by atoms with Crippen LogP contribution < -0.4 is 0 Å². The minimum absolute atomic E-state index is 0.286. The predicted octanol–water partition coefficient (Wildman–Crippen LogP) is 6.18. The Morgan fingerprint density at radius 1 is 0.962 bits per heavy atom. The number of benzene rings is 2. The molecule has 2 nitrogen and oxygen atoms in total. The zero-order valence-electron chi connectivity index (χ0n) is 14.1. The fourth-order valence-electron chi connectivity index (χ4n) is 2.91. The van der Waals surface area contributed by atoms with E-state index in [0.29, 0.717) is 11.4 Å². The fraction of sp³-hybridized carbons (Fsp3) is 0.0952. The third kappa shape index (κ3) is 3.06. The molecule has 0 aliphatic carbocycles. The number of aryl methyl sites for hydroxylation is 1. The first-order valence-electron chi connectivity index (χ1n) is 8.23. The van der Waals surface area contributed by atoms with Crippen molar-refractivity contribution in [1.82, 2.24) is 9.78 Å². The lowest BCUT2D eigenvalue weighted by atomic mass is 10.1. The minimum atomic E-state index is -0.690. The number of thiophene rings is 1. The van der Waals surface area contributed by atoms with Gasteiger partial charge in [0.05, 0.1) is 16.3 Å². The summed E-state index contributed by atoms with van der Waals surface area (Å²) in [6, 6.07) is 20.3. The third-order valence-corrected chi connectivity index (χ3v) is 5.30. The highest BCUT2D eigenvalue weighted by atomic mass is 32.1. The van der Waals surface area contributed by atoms with E-state index in [2.05, 4.69) is 30.2 Å². The summed E-state index contributed by atoms with van der Waals surface area (Å²) < 4.78 is 28.9. The van der Waals surface area contributed by atoms with Crippen LogP contribution in [0.5, 0.6) is 0 Å². The summed E-state index contributed by atoms with van der Waals surface area (Å²) >= 11 is 1.58. The van der Waals surface area contributed by atoms with Crippen LogP contribution in [-0.4, -0.2) is 9.78 Å². The van der Waals surface area contributed by atoms with Crippen molar-refractivity contribution in [1.29, 1.82) is 0 Å². The van der Waals surface area contributed by atoms with Gasteiger partial charge in [0, 0.05) is 4.88 Å². The Balaban J connectivity index is 1.82. The lowest BCUT2D eigenvalue weighted by Gasteiger charge is -2.07. The highest BCUT2D eigenvalue weighted by molar-refractivity contribution is 7.18. The number of para-hydroxylation sites is 1. The first kappa shape index (κ1) is 16.7. The zero-order valence-corrected chi connectivity index (χ0v) is 14.9. The number of rotatable bonds is 4. The topological polar surface area (TPSA) is 17.8 Å². The summed E-state index contributed by atoms with van der Waals surface area (Å²) in [4.78, 5) is 2.02. The van der Waals surface area contributed by atoms with Crippen LogP contribution >= 0.6 is 11.3 Å². The molecule has 26 heavy (non-hydrogen) atoms. The van der Waals surface area contributed by atoms with Crippen molar-refractivity contribution < 1.29 is 8.78 Å². The van der Waals surface area contributed by atoms with Crippen molar-refractivity contribution in [2.45, 2.75) is 13.6 Å². The molecule has 0 atom stereocenters. The molecular weight excluding hydrogens is 350 g/mol. The van der Waals surface area contributed by atoms with Crippen LogP contribution in [-0.2, 0) is 6.67 Å². The van der Waals surface area contributed by atoms with Crippen LogP contribution in [0.1, 0.15) is 11.3 Å². The van der Waals surface area contributed by atoms with Crippen molar-refractivity contribution in [3.63, 3.8) is 0 Å². The zero-order chi connectivity index (χ0) is 18.1. The molecule has 0 aliphatic rings. The number of halogens is 2. The van der Waals surface area contributed by atoms with Crippen molar-refractivity contribution in [2.75, 3.05) is 0 Å². The monoisotopic (exact) mass is 366 g/mol. The number of hydrogen-bond donors (Lipinski definition) is 0. The molecule has 130 valence electrons. The van der Waals surface area contributed by atoms with E-state index in [9.17, 15) is 8.78 Å². The molecule has 0 saturated heterocycles. The Kier molecular flexibility index (Phi) is 4.39. The molecule has 0 aliphatic heterocycles. The largest absolute Gasteiger partial charge is 0.244 e.